The van der Waals surface area contributed by atoms with Gasteiger partial charge in [0.15, 0.2) is 5.75 Å². The number of benzene rings is 2. The first-order chi connectivity index (χ1) is 16.8. The molecule has 4 rings (SSSR count). The number of hydrogen-bond acceptors (Lipinski definition) is 2. The molecule has 2 aliphatic carbocycles. The minimum atomic E-state index is -2.08. The molecule has 0 bridgehead atoms. The molecule has 1 unspecified atom stereocenters. The Morgan fingerprint density at radius 3 is 2.25 bits per heavy atom. The van der Waals surface area contributed by atoms with Crippen molar-refractivity contribution in [2.24, 2.45) is 5.92 Å². The van der Waals surface area contributed by atoms with Gasteiger partial charge in [-0.25, -0.2) is 0 Å². The zero-order chi connectivity index (χ0) is 26.4. The molecule has 0 saturated carbocycles. The van der Waals surface area contributed by atoms with Gasteiger partial charge in [0.05, 0.1) is 0 Å². The second-order valence-corrected chi connectivity index (χ2v) is 18.0. The van der Waals surface area contributed by atoms with Crippen molar-refractivity contribution in [1.82, 2.24) is 0 Å². The van der Waals surface area contributed by atoms with Crippen molar-refractivity contribution in [1.29, 1.82) is 0 Å². The minimum Gasteiger partial charge on any atom is -0.541 e. The average Bonchev–Trinajstić information content (AvgIpc) is 2.78. The van der Waals surface area contributed by atoms with E-state index in [-0.39, 0.29) is 5.04 Å². The lowest BCUT2D eigenvalue weighted by molar-refractivity contribution is 0.275. The second kappa shape index (κ2) is 10.0. The Morgan fingerprint density at radius 1 is 0.972 bits per heavy atom. The maximum absolute atomic E-state index is 7.21. The van der Waals surface area contributed by atoms with E-state index in [1.54, 1.807) is 11.1 Å². The van der Waals surface area contributed by atoms with Crippen LogP contribution in [0.5, 0.6) is 11.5 Å². The second-order valence-electron chi connectivity index (χ2n) is 13.3. The molecule has 36 heavy (non-hydrogen) atoms. The predicted octanol–water partition coefficient (Wildman–Crippen LogP) is 10.0. The van der Waals surface area contributed by atoms with Gasteiger partial charge in [-0.2, -0.15) is 0 Å². The molecule has 0 saturated heterocycles. The number of hydrogen-bond donors (Lipinski definition) is 0. The molecule has 0 aromatic heterocycles. The highest BCUT2D eigenvalue weighted by atomic mass is 28.4. The van der Waals surface area contributed by atoms with Crippen molar-refractivity contribution in [3.8, 4) is 11.5 Å². The molecule has 0 N–H and O–H groups in total. The van der Waals surface area contributed by atoms with Crippen molar-refractivity contribution >= 4 is 8.32 Å². The van der Waals surface area contributed by atoms with E-state index in [1.807, 2.05) is 0 Å². The lowest BCUT2D eigenvalue weighted by Crippen LogP contribution is -2.44. The maximum atomic E-state index is 7.21. The normalized spacial score (nSPS) is 23.6. The monoisotopic (exact) mass is 504 g/mol. The molecular weight excluding hydrogens is 456 g/mol. The van der Waals surface area contributed by atoms with Gasteiger partial charge in [0.2, 0.25) is 0 Å². The molecule has 4 atom stereocenters. The third-order valence-corrected chi connectivity index (χ3v) is 13.5. The van der Waals surface area contributed by atoms with Crippen LogP contribution in [0.25, 0.3) is 0 Å². The van der Waals surface area contributed by atoms with E-state index in [0.717, 1.165) is 11.5 Å². The summed E-state index contributed by atoms with van der Waals surface area (Å²) in [6.45, 7) is 23.9. The summed E-state index contributed by atoms with van der Waals surface area (Å²) in [6.07, 6.45) is 6.24. The van der Waals surface area contributed by atoms with Gasteiger partial charge in [-0.15, -0.1) is 0 Å². The Bertz CT molecular complexity index is 1120. The van der Waals surface area contributed by atoms with Crippen LogP contribution in [0.2, 0.25) is 18.1 Å². The van der Waals surface area contributed by atoms with Crippen molar-refractivity contribution < 1.29 is 9.16 Å². The Balaban J connectivity index is 1.98. The van der Waals surface area contributed by atoms with E-state index < -0.39 is 8.32 Å². The molecule has 0 aliphatic heterocycles. The highest BCUT2D eigenvalue weighted by Crippen LogP contribution is 2.59. The highest BCUT2D eigenvalue weighted by molar-refractivity contribution is 6.74. The molecule has 2 aromatic rings. The fourth-order valence-electron chi connectivity index (χ4n) is 6.18. The maximum Gasteiger partial charge on any atom is 0.250 e. The third kappa shape index (κ3) is 5.05. The van der Waals surface area contributed by atoms with Crippen molar-refractivity contribution in [2.75, 3.05) is 0 Å². The predicted molar refractivity (Wildman–Crippen MR) is 156 cm³/mol. The molecule has 2 aromatic carbocycles. The summed E-state index contributed by atoms with van der Waals surface area (Å²) in [5.41, 5.74) is 8.50. The molecule has 0 radical (unpaired) electrons. The summed E-state index contributed by atoms with van der Waals surface area (Å²) in [5.74, 6) is 4.28. The van der Waals surface area contributed by atoms with Gasteiger partial charge < -0.3 is 9.16 Å². The third-order valence-electron chi connectivity index (χ3n) is 9.16. The van der Waals surface area contributed by atoms with E-state index in [9.17, 15) is 0 Å². The van der Waals surface area contributed by atoms with Crippen LogP contribution in [-0.4, -0.2) is 8.32 Å². The van der Waals surface area contributed by atoms with Gasteiger partial charge in [0, 0.05) is 11.5 Å². The Hall–Kier alpha value is -2.00. The first kappa shape index (κ1) is 27.0. The van der Waals surface area contributed by atoms with Gasteiger partial charge in [-0.1, -0.05) is 76.6 Å². The summed E-state index contributed by atoms with van der Waals surface area (Å²) in [6, 6.07) is 10.6. The molecule has 2 aliphatic rings. The summed E-state index contributed by atoms with van der Waals surface area (Å²) in [7, 11) is -2.08. The molecular formula is C33H48O2Si. The van der Waals surface area contributed by atoms with Crippen LogP contribution in [0, 0.1) is 12.8 Å². The first-order valence-electron chi connectivity index (χ1n) is 14.0. The Labute approximate surface area is 221 Å². The van der Waals surface area contributed by atoms with Gasteiger partial charge >= 0.3 is 0 Å². The lowest BCUT2D eigenvalue weighted by Gasteiger charge is -2.45. The van der Waals surface area contributed by atoms with E-state index in [2.05, 4.69) is 105 Å². The van der Waals surface area contributed by atoms with Crippen LogP contribution in [0.3, 0.4) is 0 Å². The topological polar surface area (TPSA) is 18.5 Å². The van der Waals surface area contributed by atoms with E-state index in [0.29, 0.717) is 30.3 Å². The fraction of sp³-hybridized carbons (Fsp3) is 0.576. The largest absolute Gasteiger partial charge is 0.541 e. The highest BCUT2D eigenvalue weighted by Gasteiger charge is 2.44. The summed E-state index contributed by atoms with van der Waals surface area (Å²) >= 11 is 0. The van der Waals surface area contributed by atoms with Crippen molar-refractivity contribution in [3.05, 3.63) is 69.8 Å². The van der Waals surface area contributed by atoms with Crippen molar-refractivity contribution in [2.45, 2.75) is 117 Å². The summed E-state index contributed by atoms with van der Waals surface area (Å²) < 4.78 is 14.0. The average molecular weight is 505 g/mol. The minimum absolute atomic E-state index is 0.116. The van der Waals surface area contributed by atoms with Crippen molar-refractivity contribution in [3.63, 3.8) is 0 Å². The lowest BCUT2D eigenvalue weighted by atomic mass is 9.62. The van der Waals surface area contributed by atoms with Crippen LogP contribution in [-0.2, 0) is 6.61 Å². The smallest absolute Gasteiger partial charge is 0.250 e. The van der Waals surface area contributed by atoms with Crippen LogP contribution < -0.4 is 9.16 Å². The van der Waals surface area contributed by atoms with Gasteiger partial charge in [0.25, 0.3) is 8.32 Å². The molecule has 0 amide bonds. The van der Waals surface area contributed by atoms with Gasteiger partial charge in [-0.05, 0) is 98.2 Å². The van der Waals surface area contributed by atoms with Gasteiger partial charge in [-0.3, -0.25) is 0 Å². The number of allylic oxidation sites excluding steroid dienone is 2. The van der Waals surface area contributed by atoms with E-state index in [4.69, 9.17) is 9.16 Å². The fourth-order valence-corrected chi connectivity index (χ4v) is 7.24. The molecule has 3 heteroatoms. The Morgan fingerprint density at radius 2 is 1.64 bits per heavy atom. The molecule has 0 heterocycles. The first-order valence-corrected chi connectivity index (χ1v) is 16.9. The molecule has 0 fully saturated rings. The van der Waals surface area contributed by atoms with E-state index >= 15 is 0 Å². The van der Waals surface area contributed by atoms with Gasteiger partial charge in [0.1, 0.15) is 12.4 Å². The molecule has 2 nitrogen and oxygen atoms in total. The van der Waals surface area contributed by atoms with Crippen LogP contribution >= 0.6 is 0 Å². The Kier molecular flexibility index (Phi) is 7.54. The van der Waals surface area contributed by atoms with Crippen LogP contribution in [0.1, 0.15) is 113 Å². The van der Waals surface area contributed by atoms with E-state index in [1.165, 1.54) is 41.5 Å². The standard InChI is InChI=1S/C33H48O2Si/c1-21(2)18-26-19-23(4)27-17-16-22(3)28-30(27)29(26)24(5)31(35-36(9,10)33(6,7)8)32(28)34-20-25-14-12-11-13-15-25/h11-15,18,22-23,26-27H,16-17,19-20H2,1-10H3/t22-,23-,26?,27+/m0/s1. The quantitative estimate of drug-likeness (QED) is 0.288. The summed E-state index contributed by atoms with van der Waals surface area (Å²) in [4.78, 5) is 0. The van der Waals surface area contributed by atoms with Crippen LogP contribution in [0.4, 0.5) is 0 Å². The zero-order valence-electron chi connectivity index (χ0n) is 24.4. The summed E-state index contributed by atoms with van der Waals surface area (Å²) in [5, 5.41) is 0.116. The number of ether oxygens (including phenoxy) is 1. The molecule has 196 valence electrons. The number of rotatable bonds is 6. The SMILES string of the molecule is CC(C)=CC1C[C@H](C)[C@H]2CC[C@H](C)c3c(OCc4ccccc4)c(O[Si](C)(C)C(C)(C)C)c(C)c1c32. The van der Waals surface area contributed by atoms with Crippen LogP contribution in [0.15, 0.2) is 42.0 Å². The molecule has 0 spiro atoms. The zero-order valence-corrected chi connectivity index (χ0v) is 25.4.